The van der Waals surface area contributed by atoms with E-state index in [-0.39, 0.29) is 0 Å². The average molecular weight is 168 g/mol. The molecule has 1 heteroatoms. The van der Waals surface area contributed by atoms with Crippen molar-refractivity contribution in [1.29, 1.82) is 0 Å². The molecule has 0 saturated heterocycles. The maximum Gasteiger partial charge on any atom is 0.135 e. The third-order valence-electron chi connectivity index (χ3n) is 2.49. The fourth-order valence-electron chi connectivity index (χ4n) is 1.46. The molecule has 0 heterocycles. The molecule has 1 aliphatic carbocycles. The minimum atomic E-state index is 0.476. The largest absolute Gasteiger partial charge is 0.299 e. The van der Waals surface area contributed by atoms with Gasteiger partial charge in [-0.1, -0.05) is 26.7 Å². The van der Waals surface area contributed by atoms with Gasteiger partial charge < -0.3 is 0 Å². The molecular weight excluding hydrogens is 148 g/mol. The van der Waals surface area contributed by atoms with Gasteiger partial charge in [-0.15, -0.1) is 0 Å². The first-order valence-electron chi connectivity index (χ1n) is 5.23. The Morgan fingerprint density at radius 3 is 2.50 bits per heavy atom. The summed E-state index contributed by atoms with van der Waals surface area (Å²) in [6.45, 7) is 4.48. The van der Waals surface area contributed by atoms with Crippen LogP contribution in [0.15, 0.2) is 0 Å². The molecule has 0 atom stereocenters. The van der Waals surface area contributed by atoms with E-state index in [1.165, 1.54) is 25.7 Å². The van der Waals surface area contributed by atoms with Crippen LogP contribution in [0.4, 0.5) is 0 Å². The highest BCUT2D eigenvalue weighted by Crippen LogP contribution is 2.31. The van der Waals surface area contributed by atoms with Gasteiger partial charge in [0.1, 0.15) is 5.78 Å². The van der Waals surface area contributed by atoms with Crippen LogP contribution in [0.2, 0.25) is 0 Å². The SMILES string of the molecule is CC(C)CCCCC(=O)C1CC1. The summed E-state index contributed by atoms with van der Waals surface area (Å²) in [5.74, 6) is 1.80. The van der Waals surface area contributed by atoms with E-state index in [4.69, 9.17) is 0 Å². The summed E-state index contributed by atoms with van der Waals surface area (Å²) in [6.07, 6.45) is 6.81. The zero-order valence-electron chi connectivity index (χ0n) is 8.31. The average Bonchev–Trinajstić information content (AvgIpc) is 2.79. The lowest BCUT2D eigenvalue weighted by molar-refractivity contribution is -0.120. The van der Waals surface area contributed by atoms with Gasteiger partial charge in [-0.25, -0.2) is 0 Å². The molecule has 0 aromatic rings. The molecule has 1 rings (SSSR count). The fraction of sp³-hybridized carbons (Fsp3) is 0.909. The number of unbranched alkanes of at least 4 members (excludes halogenated alkanes) is 1. The summed E-state index contributed by atoms with van der Waals surface area (Å²) in [4.78, 5) is 11.2. The van der Waals surface area contributed by atoms with Crippen LogP contribution in [-0.4, -0.2) is 5.78 Å². The van der Waals surface area contributed by atoms with Crippen molar-refractivity contribution in [2.75, 3.05) is 0 Å². The molecule has 12 heavy (non-hydrogen) atoms. The van der Waals surface area contributed by atoms with Gasteiger partial charge in [-0.05, 0) is 25.2 Å². The van der Waals surface area contributed by atoms with Crippen LogP contribution in [0.3, 0.4) is 0 Å². The zero-order chi connectivity index (χ0) is 8.97. The van der Waals surface area contributed by atoms with Crippen molar-refractivity contribution < 1.29 is 4.79 Å². The predicted octanol–water partition coefficient (Wildman–Crippen LogP) is 3.18. The number of ketones is 1. The molecule has 0 bridgehead atoms. The van der Waals surface area contributed by atoms with Crippen LogP contribution in [0.25, 0.3) is 0 Å². The third kappa shape index (κ3) is 3.89. The fourth-order valence-corrected chi connectivity index (χ4v) is 1.46. The number of hydrogen-bond donors (Lipinski definition) is 0. The lowest BCUT2D eigenvalue weighted by Gasteiger charge is -2.02. The number of carbonyl (C=O) groups is 1. The Morgan fingerprint density at radius 2 is 2.00 bits per heavy atom. The molecule has 0 spiro atoms. The van der Waals surface area contributed by atoms with Crippen molar-refractivity contribution in [2.24, 2.45) is 11.8 Å². The Bertz CT molecular complexity index is 145. The van der Waals surface area contributed by atoms with Crippen molar-refractivity contribution in [1.82, 2.24) is 0 Å². The second kappa shape index (κ2) is 4.64. The molecule has 70 valence electrons. The van der Waals surface area contributed by atoms with E-state index in [9.17, 15) is 4.79 Å². The Labute approximate surface area is 75.5 Å². The highest BCUT2D eigenvalue weighted by molar-refractivity contribution is 5.82. The van der Waals surface area contributed by atoms with Gasteiger partial charge in [0.15, 0.2) is 0 Å². The highest BCUT2D eigenvalue weighted by atomic mass is 16.1. The summed E-state index contributed by atoms with van der Waals surface area (Å²) in [7, 11) is 0. The van der Waals surface area contributed by atoms with Crippen molar-refractivity contribution >= 4 is 5.78 Å². The summed E-state index contributed by atoms with van der Waals surface area (Å²) in [6, 6.07) is 0. The van der Waals surface area contributed by atoms with Gasteiger partial charge in [0.25, 0.3) is 0 Å². The van der Waals surface area contributed by atoms with E-state index in [1.54, 1.807) is 0 Å². The standard InChI is InChI=1S/C11H20O/c1-9(2)5-3-4-6-11(12)10-7-8-10/h9-10H,3-8H2,1-2H3. The first-order valence-corrected chi connectivity index (χ1v) is 5.23. The monoisotopic (exact) mass is 168 g/mol. The predicted molar refractivity (Wildman–Crippen MR) is 51.0 cm³/mol. The van der Waals surface area contributed by atoms with Crippen molar-refractivity contribution in [2.45, 2.75) is 52.4 Å². The van der Waals surface area contributed by atoms with Crippen LogP contribution >= 0.6 is 0 Å². The Kier molecular flexibility index (Phi) is 3.77. The van der Waals surface area contributed by atoms with Gasteiger partial charge in [0.2, 0.25) is 0 Å². The molecule has 1 nitrogen and oxygen atoms in total. The Balaban J connectivity index is 1.91. The van der Waals surface area contributed by atoms with Gasteiger partial charge in [0, 0.05) is 12.3 Å². The maximum absolute atomic E-state index is 11.2. The summed E-state index contributed by atoms with van der Waals surface area (Å²) < 4.78 is 0. The van der Waals surface area contributed by atoms with Gasteiger partial charge in [-0.2, -0.15) is 0 Å². The quantitative estimate of drug-likeness (QED) is 0.557. The summed E-state index contributed by atoms with van der Waals surface area (Å²) >= 11 is 0. The highest BCUT2D eigenvalue weighted by Gasteiger charge is 2.28. The normalized spacial score (nSPS) is 16.9. The summed E-state index contributed by atoms with van der Waals surface area (Å²) in [5, 5.41) is 0. The molecule has 1 fully saturated rings. The minimum absolute atomic E-state index is 0.476. The van der Waals surface area contributed by atoms with Crippen LogP contribution in [0.5, 0.6) is 0 Å². The summed E-state index contributed by atoms with van der Waals surface area (Å²) in [5.41, 5.74) is 0. The van der Waals surface area contributed by atoms with Crippen LogP contribution in [0, 0.1) is 11.8 Å². The van der Waals surface area contributed by atoms with Gasteiger partial charge >= 0.3 is 0 Å². The first kappa shape index (κ1) is 9.76. The van der Waals surface area contributed by atoms with E-state index >= 15 is 0 Å². The molecule has 0 aliphatic heterocycles. The molecule has 0 N–H and O–H groups in total. The van der Waals surface area contributed by atoms with E-state index in [0.717, 1.165) is 18.8 Å². The van der Waals surface area contributed by atoms with Crippen LogP contribution in [-0.2, 0) is 4.79 Å². The van der Waals surface area contributed by atoms with Gasteiger partial charge in [0.05, 0.1) is 0 Å². The molecule has 1 aliphatic rings. The van der Waals surface area contributed by atoms with Crippen molar-refractivity contribution in [3.63, 3.8) is 0 Å². The molecule has 0 aromatic carbocycles. The van der Waals surface area contributed by atoms with E-state index < -0.39 is 0 Å². The van der Waals surface area contributed by atoms with E-state index in [1.807, 2.05) is 0 Å². The Hall–Kier alpha value is -0.330. The molecule has 0 unspecified atom stereocenters. The molecule has 0 amide bonds. The van der Waals surface area contributed by atoms with Crippen LogP contribution in [0.1, 0.15) is 52.4 Å². The smallest absolute Gasteiger partial charge is 0.135 e. The Morgan fingerprint density at radius 1 is 1.33 bits per heavy atom. The lowest BCUT2D eigenvalue weighted by Crippen LogP contribution is -1.99. The third-order valence-corrected chi connectivity index (χ3v) is 2.49. The van der Waals surface area contributed by atoms with Crippen molar-refractivity contribution in [3.05, 3.63) is 0 Å². The number of carbonyl (C=O) groups excluding carboxylic acids is 1. The second-order valence-corrected chi connectivity index (χ2v) is 4.38. The second-order valence-electron chi connectivity index (χ2n) is 4.38. The molecule has 0 radical (unpaired) electrons. The molecule has 0 aromatic heterocycles. The molecule has 1 saturated carbocycles. The van der Waals surface area contributed by atoms with E-state index in [2.05, 4.69) is 13.8 Å². The molecular formula is C11H20O. The zero-order valence-corrected chi connectivity index (χ0v) is 8.31. The van der Waals surface area contributed by atoms with Crippen molar-refractivity contribution in [3.8, 4) is 0 Å². The topological polar surface area (TPSA) is 17.1 Å². The maximum atomic E-state index is 11.2. The first-order chi connectivity index (χ1) is 5.70. The van der Waals surface area contributed by atoms with E-state index in [0.29, 0.717) is 11.7 Å². The minimum Gasteiger partial charge on any atom is -0.299 e. The van der Waals surface area contributed by atoms with Crippen LogP contribution < -0.4 is 0 Å². The lowest BCUT2D eigenvalue weighted by atomic mass is 10.0. The van der Waals surface area contributed by atoms with Gasteiger partial charge in [-0.3, -0.25) is 4.79 Å². The number of rotatable bonds is 6. The number of Topliss-reactive ketones (excluding diaryl/α,β-unsaturated/α-hetero) is 1. The number of hydrogen-bond acceptors (Lipinski definition) is 1.